The summed E-state index contributed by atoms with van der Waals surface area (Å²) in [5.74, 6) is -0.0674. The van der Waals surface area contributed by atoms with Crippen LogP contribution in [0.15, 0.2) is 5.10 Å². The van der Waals surface area contributed by atoms with Crippen molar-refractivity contribution < 1.29 is 14.3 Å². The van der Waals surface area contributed by atoms with Gasteiger partial charge < -0.3 is 9.47 Å². The number of rotatable bonds is 2. The van der Waals surface area contributed by atoms with E-state index in [9.17, 15) is 4.79 Å². The van der Waals surface area contributed by atoms with Gasteiger partial charge in [-0.3, -0.25) is 4.79 Å². The number of amides is 1. The molecule has 0 saturated carbocycles. The third-order valence-corrected chi connectivity index (χ3v) is 2.16. The van der Waals surface area contributed by atoms with Crippen molar-refractivity contribution in [3.8, 4) is 0 Å². The van der Waals surface area contributed by atoms with Gasteiger partial charge in [-0.2, -0.15) is 5.10 Å². The first kappa shape index (κ1) is 8.65. The molecule has 5 nitrogen and oxygen atoms in total. The van der Waals surface area contributed by atoms with Gasteiger partial charge in [0.05, 0.1) is 31.5 Å². The second-order valence-corrected chi connectivity index (χ2v) is 3.21. The zero-order chi connectivity index (χ0) is 9.10. The van der Waals surface area contributed by atoms with Crippen LogP contribution in [-0.4, -0.2) is 38.0 Å². The van der Waals surface area contributed by atoms with E-state index in [4.69, 9.17) is 9.47 Å². The van der Waals surface area contributed by atoms with E-state index in [2.05, 4.69) is 10.5 Å². The zero-order valence-corrected chi connectivity index (χ0v) is 7.28. The van der Waals surface area contributed by atoms with Gasteiger partial charge in [0.15, 0.2) is 0 Å². The summed E-state index contributed by atoms with van der Waals surface area (Å²) >= 11 is 0. The van der Waals surface area contributed by atoms with Crippen LogP contribution in [-0.2, 0) is 14.3 Å². The van der Waals surface area contributed by atoms with Crippen LogP contribution in [0.5, 0.6) is 0 Å². The molecule has 0 radical (unpaired) electrons. The fourth-order valence-electron chi connectivity index (χ4n) is 1.22. The summed E-state index contributed by atoms with van der Waals surface area (Å²) in [7, 11) is 0. The normalized spacial score (nSPS) is 26.8. The molecule has 0 bridgehead atoms. The molecule has 0 aromatic heterocycles. The molecule has 72 valence electrons. The largest absolute Gasteiger partial charge is 0.381 e. The van der Waals surface area contributed by atoms with Crippen molar-refractivity contribution in [2.24, 2.45) is 11.0 Å². The molecule has 2 heterocycles. The molecule has 1 amide bonds. The Morgan fingerprint density at radius 3 is 2.85 bits per heavy atom. The van der Waals surface area contributed by atoms with Gasteiger partial charge in [0.2, 0.25) is 5.91 Å². The van der Waals surface area contributed by atoms with Crippen molar-refractivity contribution in [2.45, 2.75) is 6.42 Å². The van der Waals surface area contributed by atoms with Crippen molar-refractivity contribution in [3.63, 3.8) is 0 Å². The van der Waals surface area contributed by atoms with Gasteiger partial charge in [-0.15, -0.1) is 0 Å². The Balaban J connectivity index is 1.77. The summed E-state index contributed by atoms with van der Waals surface area (Å²) < 4.78 is 9.98. The Labute approximate surface area is 76.1 Å². The van der Waals surface area contributed by atoms with Crippen molar-refractivity contribution in [3.05, 3.63) is 0 Å². The van der Waals surface area contributed by atoms with Crippen LogP contribution >= 0.6 is 0 Å². The van der Waals surface area contributed by atoms with Crippen LogP contribution in [0.25, 0.3) is 0 Å². The van der Waals surface area contributed by atoms with E-state index >= 15 is 0 Å². The SMILES string of the molecule is O=C(NN=C1COC1)C1CCOC1. The van der Waals surface area contributed by atoms with Crippen molar-refractivity contribution in [1.82, 2.24) is 5.43 Å². The first-order valence-corrected chi connectivity index (χ1v) is 4.37. The number of nitrogens with zero attached hydrogens (tertiary/aromatic N) is 1. The molecule has 0 aromatic carbocycles. The number of nitrogens with one attached hydrogen (secondary N) is 1. The molecule has 1 atom stereocenters. The van der Waals surface area contributed by atoms with Gasteiger partial charge in [-0.05, 0) is 6.42 Å². The van der Waals surface area contributed by atoms with E-state index in [-0.39, 0.29) is 11.8 Å². The smallest absolute Gasteiger partial charge is 0.245 e. The maximum atomic E-state index is 11.4. The zero-order valence-electron chi connectivity index (χ0n) is 7.28. The number of hydrazone groups is 1. The fourth-order valence-corrected chi connectivity index (χ4v) is 1.22. The predicted molar refractivity (Wildman–Crippen MR) is 45.3 cm³/mol. The van der Waals surface area contributed by atoms with Crippen LogP contribution < -0.4 is 5.43 Å². The minimum atomic E-state index is -0.0445. The second-order valence-electron chi connectivity index (χ2n) is 3.21. The molecule has 1 unspecified atom stereocenters. The Morgan fingerprint density at radius 2 is 2.31 bits per heavy atom. The molecule has 0 aliphatic carbocycles. The third-order valence-electron chi connectivity index (χ3n) is 2.16. The number of hydrogen-bond donors (Lipinski definition) is 1. The average Bonchev–Trinajstić information content (AvgIpc) is 2.52. The monoisotopic (exact) mass is 184 g/mol. The Hall–Kier alpha value is -0.940. The summed E-state index contributed by atoms with van der Waals surface area (Å²) in [5.41, 5.74) is 3.41. The summed E-state index contributed by atoms with van der Waals surface area (Å²) in [6.07, 6.45) is 0.799. The Bertz CT molecular complexity index is 228. The molecular formula is C8H12N2O3. The highest BCUT2D eigenvalue weighted by atomic mass is 16.5. The molecule has 1 N–H and O–H groups in total. The number of carbonyl (C=O) groups is 1. The molecule has 2 rings (SSSR count). The summed E-state index contributed by atoms with van der Waals surface area (Å²) in [6.45, 7) is 2.29. The fraction of sp³-hybridized carbons (Fsp3) is 0.750. The molecule has 2 aliphatic heterocycles. The quantitative estimate of drug-likeness (QED) is 0.590. The number of carbonyl (C=O) groups excluding carboxylic acids is 1. The van der Waals surface area contributed by atoms with Crippen LogP contribution in [0.1, 0.15) is 6.42 Å². The summed E-state index contributed by atoms with van der Waals surface area (Å²) in [5, 5.41) is 3.91. The maximum Gasteiger partial charge on any atom is 0.245 e. The molecule has 13 heavy (non-hydrogen) atoms. The second kappa shape index (κ2) is 3.85. The topological polar surface area (TPSA) is 59.9 Å². The Kier molecular flexibility index (Phi) is 2.56. The van der Waals surface area contributed by atoms with Gasteiger partial charge in [-0.1, -0.05) is 0 Å². The molecule has 2 saturated heterocycles. The van der Waals surface area contributed by atoms with Crippen LogP contribution in [0.4, 0.5) is 0 Å². The van der Waals surface area contributed by atoms with Crippen molar-refractivity contribution >= 4 is 11.6 Å². The van der Waals surface area contributed by atoms with Crippen molar-refractivity contribution in [2.75, 3.05) is 26.4 Å². The minimum Gasteiger partial charge on any atom is -0.381 e. The van der Waals surface area contributed by atoms with Gasteiger partial charge in [-0.25, -0.2) is 5.43 Å². The van der Waals surface area contributed by atoms with E-state index < -0.39 is 0 Å². The molecule has 0 aromatic rings. The Morgan fingerprint density at radius 1 is 1.46 bits per heavy atom. The van der Waals surface area contributed by atoms with E-state index in [1.807, 2.05) is 0 Å². The van der Waals surface area contributed by atoms with Gasteiger partial charge >= 0.3 is 0 Å². The van der Waals surface area contributed by atoms with Crippen LogP contribution in [0, 0.1) is 5.92 Å². The highest BCUT2D eigenvalue weighted by Crippen LogP contribution is 2.11. The minimum absolute atomic E-state index is 0.0228. The van der Waals surface area contributed by atoms with E-state index in [0.29, 0.717) is 26.4 Å². The van der Waals surface area contributed by atoms with Crippen LogP contribution in [0.2, 0.25) is 0 Å². The number of hydrogen-bond acceptors (Lipinski definition) is 4. The predicted octanol–water partition coefficient (Wildman–Crippen LogP) is -0.475. The van der Waals surface area contributed by atoms with E-state index in [1.165, 1.54) is 0 Å². The lowest BCUT2D eigenvalue weighted by atomic mass is 10.1. The maximum absolute atomic E-state index is 11.4. The highest BCUT2D eigenvalue weighted by Gasteiger charge is 2.23. The average molecular weight is 184 g/mol. The lowest BCUT2D eigenvalue weighted by Gasteiger charge is -2.15. The molecule has 2 fully saturated rings. The molecule has 5 heteroatoms. The molecule has 2 aliphatic rings. The van der Waals surface area contributed by atoms with Gasteiger partial charge in [0, 0.05) is 6.61 Å². The molecule has 0 spiro atoms. The van der Waals surface area contributed by atoms with Gasteiger partial charge in [0.1, 0.15) is 0 Å². The van der Waals surface area contributed by atoms with Gasteiger partial charge in [0.25, 0.3) is 0 Å². The summed E-state index contributed by atoms with van der Waals surface area (Å²) in [6, 6.07) is 0. The lowest BCUT2D eigenvalue weighted by Crippen LogP contribution is -2.34. The third kappa shape index (κ3) is 2.05. The van der Waals surface area contributed by atoms with E-state index in [0.717, 1.165) is 12.1 Å². The van der Waals surface area contributed by atoms with Crippen LogP contribution in [0.3, 0.4) is 0 Å². The first-order chi connectivity index (χ1) is 6.36. The lowest BCUT2D eigenvalue weighted by molar-refractivity contribution is -0.124. The van der Waals surface area contributed by atoms with E-state index in [1.54, 1.807) is 0 Å². The van der Waals surface area contributed by atoms with Crippen molar-refractivity contribution in [1.29, 1.82) is 0 Å². The number of ether oxygens (including phenoxy) is 2. The molecular weight excluding hydrogens is 172 g/mol. The standard InChI is InChI=1S/C8H12N2O3/c11-8(6-1-2-12-3-6)10-9-7-4-13-5-7/h6H,1-5H2,(H,10,11). The highest BCUT2D eigenvalue weighted by molar-refractivity contribution is 5.91. The summed E-state index contributed by atoms with van der Waals surface area (Å²) in [4.78, 5) is 11.4. The first-order valence-electron chi connectivity index (χ1n) is 4.37.